The van der Waals surface area contributed by atoms with E-state index in [4.69, 9.17) is 13.9 Å². The van der Waals surface area contributed by atoms with Gasteiger partial charge in [-0.05, 0) is 43.2 Å². The van der Waals surface area contributed by atoms with Crippen LogP contribution in [0.3, 0.4) is 0 Å². The summed E-state index contributed by atoms with van der Waals surface area (Å²) >= 11 is 0. The SMILES string of the molecule is Cc1ccc(C(=O)Nc2nnc(Cc3ccc4c(c3)OCCO4)o2)c(C)c1. The number of carbonyl (C=O) groups is 1. The Bertz CT molecular complexity index is 997. The fourth-order valence-electron chi connectivity index (χ4n) is 2.98. The van der Waals surface area contributed by atoms with Gasteiger partial charge in [-0.3, -0.25) is 10.1 Å². The summed E-state index contributed by atoms with van der Waals surface area (Å²) in [7, 11) is 0. The van der Waals surface area contributed by atoms with Crippen molar-refractivity contribution in [3.63, 3.8) is 0 Å². The quantitative estimate of drug-likeness (QED) is 0.763. The fourth-order valence-corrected chi connectivity index (χ4v) is 2.98. The maximum absolute atomic E-state index is 12.4. The van der Waals surface area contributed by atoms with E-state index in [0.717, 1.165) is 22.4 Å². The van der Waals surface area contributed by atoms with Crippen molar-refractivity contribution in [1.82, 2.24) is 10.2 Å². The Labute approximate surface area is 156 Å². The molecule has 0 unspecified atom stereocenters. The predicted molar refractivity (Wildman–Crippen MR) is 98.4 cm³/mol. The van der Waals surface area contributed by atoms with Gasteiger partial charge in [0.05, 0.1) is 6.42 Å². The van der Waals surface area contributed by atoms with Crippen LogP contribution in [0.5, 0.6) is 11.5 Å². The molecule has 0 fully saturated rings. The van der Waals surface area contributed by atoms with E-state index >= 15 is 0 Å². The molecule has 0 atom stereocenters. The molecule has 138 valence electrons. The van der Waals surface area contributed by atoms with Gasteiger partial charge in [0.15, 0.2) is 11.5 Å². The summed E-state index contributed by atoms with van der Waals surface area (Å²) in [4.78, 5) is 12.4. The number of benzene rings is 2. The van der Waals surface area contributed by atoms with Gasteiger partial charge in [0.25, 0.3) is 5.91 Å². The molecule has 7 nitrogen and oxygen atoms in total. The molecule has 1 amide bonds. The van der Waals surface area contributed by atoms with Crippen LogP contribution in [0.2, 0.25) is 0 Å². The predicted octanol–water partition coefficient (Wildman–Crippen LogP) is 3.30. The van der Waals surface area contributed by atoms with E-state index in [0.29, 0.717) is 36.8 Å². The highest BCUT2D eigenvalue weighted by atomic mass is 16.6. The molecule has 1 aliphatic rings. The molecule has 7 heteroatoms. The lowest BCUT2D eigenvalue weighted by Gasteiger charge is -2.18. The van der Waals surface area contributed by atoms with Gasteiger partial charge < -0.3 is 13.9 Å². The van der Waals surface area contributed by atoms with Gasteiger partial charge >= 0.3 is 6.01 Å². The lowest BCUT2D eigenvalue weighted by Crippen LogP contribution is -2.15. The molecular weight excluding hydrogens is 346 g/mol. The van der Waals surface area contributed by atoms with Crippen LogP contribution < -0.4 is 14.8 Å². The highest BCUT2D eigenvalue weighted by molar-refractivity contribution is 6.04. The Morgan fingerprint density at radius 1 is 1.04 bits per heavy atom. The van der Waals surface area contributed by atoms with E-state index in [9.17, 15) is 4.79 Å². The number of fused-ring (bicyclic) bond motifs is 1. The van der Waals surface area contributed by atoms with E-state index < -0.39 is 0 Å². The van der Waals surface area contributed by atoms with Gasteiger partial charge in [0.1, 0.15) is 13.2 Å². The Balaban J connectivity index is 1.45. The van der Waals surface area contributed by atoms with Crippen LogP contribution >= 0.6 is 0 Å². The van der Waals surface area contributed by atoms with Gasteiger partial charge in [-0.1, -0.05) is 28.9 Å². The van der Waals surface area contributed by atoms with Crippen LogP contribution in [-0.2, 0) is 6.42 Å². The monoisotopic (exact) mass is 365 g/mol. The van der Waals surface area contributed by atoms with E-state index in [-0.39, 0.29) is 11.9 Å². The Morgan fingerprint density at radius 2 is 1.85 bits per heavy atom. The highest BCUT2D eigenvalue weighted by Crippen LogP contribution is 2.31. The van der Waals surface area contributed by atoms with Crippen molar-refractivity contribution in [2.45, 2.75) is 20.3 Å². The van der Waals surface area contributed by atoms with Gasteiger partial charge in [-0.15, -0.1) is 5.10 Å². The molecule has 2 aromatic carbocycles. The molecule has 1 aromatic heterocycles. The standard InChI is InChI=1S/C20H19N3O4/c1-12-3-5-15(13(2)9-12)19(24)21-20-23-22-18(27-20)11-14-4-6-16-17(10-14)26-8-7-25-16/h3-6,9-10H,7-8,11H2,1-2H3,(H,21,23,24). The zero-order valence-corrected chi connectivity index (χ0v) is 15.1. The maximum atomic E-state index is 12.4. The Morgan fingerprint density at radius 3 is 2.67 bits per heavy atom. The topological polar surface area (TPSA) is 86.5 Å². The normalized spacial score (nSPS) is 12.7. The van der Waals surface area contributed by atoms with Gasteiger partial charge in [0.2, 0.25) is 5.89 Å². The number of anilines is 1. The molecule has 1 aliphatic heterocycles. The van der Waals surface area contributed by atoms with Crippen LogP contribution in [0.15, 0.2) is 40.8 Å². The van der Waals surface area contributed by atoms with Gasteiger partial charge in [0, 0.05) is 5.56 Å². The van der Waals surface area contributed by atoms with E-state index in [2.05, 4.69) is 15.5 Å². The van der Waals surface area contributed by atoms with Crippen LogP contribution in [0.25, 0.3) is 0 Å². The first-order chi connectivity index (χ1) is 13.1. The maximum Gasteiger partial charge on any atom is 0.322 e. The number of hydrogen-bond acceptors (Lipinski definition) is 6. The largest absolute Gasteiger partial charge is 0.486 e. The summed E-state index contributed by atoms with van der Waals surface area (Å²) in [6.07, 6.45) is 0.434. The molecule has 0 radical (unpaired) electrons. The minimum atomic E-state index is -0.276. The summed E-state index contributed by atoms with van der Waals surface area (Å²) in [5.74, 6) is 1.57. The van der Waals surface area contributed by atoms with Crippen molar-refractivity contribution < 1.29 is 18.7 Å². The molecule has 0 bridgehead atoms. The second kappa shape index (κ2) is 7.11. The third-order valence-electron chi connectivity index (χ3n) is 4.28. The van der Waals surface area contributed by atoms with Crippen LogP contribution in [0.4, 0.5) is 6.01 Å². The summed E-state index contributed by atoms with van der Waals surface area (Å²) in [5, 5.41) is 10.6. The second-order valence-corrected chi connectivity index (χ2v) is 6.43. The minimum absolute atomic E-state index is 0.0764. The summed E-state index contributed by atoms with van der Waals surface area (Å²) in [6, 6.07) is 11.4. The number of carbonyl (C=O) groups excluding carboxylic acids is 1. The second-order valence-electron chi connectivity index (χ2n) is 6.43. The molecule has 0 aliphatic carbocycles. The average Bonchev–Trinajstić information content (AvgIpc) is 3.08. The number of aromatic nitrogens is 2. The fraction of sp³-hybridized carbons (Fsp3) is 0.250. The number of ether oxygens (including phenoxy) is 2. The molecule has 3 aromatic rings. The van der Waals surface area contributed by atoms with E-state index in [1.54, 1.807) is 6.07 Å². The van der Waals surface area contributed by atoms with Crippen molar-refractivity contribution in [3.05, 3.63) is 64.5 Å². The lowest BCUT2D eigenvalue weighted by atomic mass is 10.1. The van der Waals surface area contributed by atoms with Crippen LogP contribution in [0.1, 0.15) is 32.9 Å². The highest BCUT2D eigenvalue weighted by Gasteiger charge is 2.16. The van der Waals surface area contributed by atoms with Crippen molar-refractivity contribution >= 4 is 11.9 Å². The molecule has 27 heavy (non-hydrogen) atoms. The smallest absolute Gasteiger partial charge is 0.322 e. The number of aryl methyl sites for hydroxylation is 2. The molecule has 0 spiro atoms. The van der Waals surface area contributed by atoms with Crippen molar-refractivity contribution in [2.24, 2.45) is 0 Å². The first kappa shape index (κ1) is 17.1. The third kappa shape index (κ3) is 3.76. The molecular formula is C20H19N3O4. The van der Waals surface area contributed by atoms with Gasteiger partial charge in [-0.2, -0.15) is 0 Å². The summed E-state index contributed by atoms with van der Waals surface area (Å²) in [5.41, 5.74) is 3.52. The van der Waals surface area contributed by atoms with Crippen molar-refractivity contribution in [1.29, 1.82) is 0 Å². The number of rotatable bonds is 4. The number of amides is 1. The number of nitrogens with one attached hydrogen (secondary N) is 1. The summed E-state index contributed by atoms with van der Waals surface area (Å²) in [6.45, 7) is 4.96. The molecule has 2 heterocycles. The number of nitrogens with zero attached hydrogens (tertiary/aromatic N) is 2. The Kier molecular flexibility index (Phi) is 4.50. The van der Waals surface area contributed by atoms with Gasteiger partial charge in [-0.25, -0.2) is 0 Å². The average molecular weight is 365 g/mol. The van der Waals surface area contributed by atoms with Crippen LogP contribution in [-0.4, -0.2) is 29.3 Å². The van der Waals surface area contributed by atoms with Crippen molar-refractivity contribution in [3.8, 4) is 11.5 Å². The molecule has 1 N–H and O–H groups in total. The first-order valence-electron chi connectivity index (χ1n) is 8.68. The molecule has 0 saturated carbocycles. The minimum Gasteiger partial charge on any atom is -0.486 e. The van der Waals surface area contributed by atoms with E-state index in [1.807, 2.05) is 44.2 Å². The van der Waals surface area contributed by atoms with Crippen molar-refractivity contribution in [2.75, 3.05) is 18.5 Å². The van der Waals surface area contributed by atoms with E-state index in [1.165, 1.54) is 0 Å². The molecule has 4 rings (SSSR count). The number of hydrogen-bond donors (Lipinski definition) is 1. The lowest BCUT2D eigenvalue weighted by molar-refractivity contribution is 0.102. The molecule has 0 saturated heterocycles. The zero-order valence-electron chi connectivity index (χ0n) is 15.1. The third-order valence-corrected chi connectivity index (χ3v) is 4.28. The Hall–Kier alpha value is -3.35. The zero-order chi connectivity index (χ0) is 18.8. The van der Waals surface area contributed by atoms with Crippen LogP contribution in [0, 0.1) is 13.8 Å². The first-order valence-corrected chi connectivity index (χ1v) is 8.68. The summed E-state index contributed by atoms with van der Waals surface area (Å²) < 4.78 is 16.7.